The number of amides is 2. The molecule has 4 fully saturated rings. The molecule has 4 unspecified atom stereocenters. The summed E-state index contributed by atoms with van der Waals surface area (Å²) in [6.45, 7) is 4.76. The van der Waals surface area contributed by atoms with Crippen LogP contribution in [-0.4, -0.2) is 25.4 Å². The molecule has 2 bridgehead atoms. The molecular formula is C28H33BN2O3S. The van der Waals surface area contributed by atoms with Gasteiger partial charge in [-0.1, -0.05) is 32.0 Å². The molecule has 182 valence electrons. The standard InChI is InChI=1S/C28H33BN2O3S/c1-28(2)18-13-23(28)26-24(14-18)33-29(34-26)19-8-5-9-20(15-19)35-31-27(32)30-25-21-10-3-6-16(21)12-17-7-4-11-22(17)25/h5,8-9,12,15,18,23-24,26H,3-4,6-7,10-11,13-14H2,1-2H3,(H2,30,31,32). The maximum absolute atomic E-state index is 12.9. The zero-order valence-corrected chi connectivity index (χ0v) is 21.4. The van der Waals surface area contributed by atoms with Gasteiger partial charge < -0.3 is 14.6 Å². The highest BCUT2D eigenvalue weighted by Gasteiger charge is 2.62. The second-order valence-electron chi connectivity index (χ2n) is 11.7. The van der Waals surface area contributed by atoms with Gasteiger partial charge in [-0.05, 0) is 120 Å². The normalized spacial score (nSPS) is 29.3. The fourth-order valence-corrected chi connectivity index (χ4v) is 8.03. The summed E-state index contributed by atoms with van der Waals surface area (Å²) >= 11 is 1.35. The van der Waals surface area contributed by atoms with Crippen molar-refractivity contribution in [2.75, 3.05) is 5.32 Å². The molecule has 8 rings (SSSR count). The van der Waals surface area contributed by atoms with E-state index >= 15 is 0 Å². The quantitative estimate of drug-likeness (QED) is 0.468. The molecule has 1 aliphatic heterocycles. The molecule has 2 amide bonds. The third-order valence-corrected chi connectivity index (χ3v) is 10.3. The van der Waals surface area contributed by atoms with E-state index in [1.807, 2.05) is 12.1 Å². The Morgan fingerprint density at radius 1 is 1.03 bits per heavy atom. The van der Waals surface area contributed by atoms with E-state index in [1.54, 1.807) is 0 Å². The Kier molecular flexibility index (Phi) is 5.27. The van der Waals surface area contributed by atoms with Crippen molar-refractivity contribution in [3.8, 4) is 0 Å². The molecule has 4 atom stereocenters. The molecule has 35 heavy (non-hydrogen) atoms. The maximum atomic E-state index is 12.9. The van der Waals surface area contributed by atoms with E-state index in [4.69, 9.17) is 9.31 Å². The average Bonchev–Trinajstić information content (AvgIpc) is 3.61. The van der Waals surface area contributed by atoms with Crippen molar-refractivity contribution < 1.29 is 14.1 Å². The van der Waals surface area contributed by atoms with E-state index in [1.165, 1.54) is 53.5 Å². The Balaban J connectivity index is 1.01. The number of rotatable bonds is 4. The molecule has 0 radical (unpaired) electrons. The first kappa shape index (κ1) is 22.3. The van der Waals surface area contributed by atoms with Gasteiger partial charge in [0.15, 0.2) is 0 Å². The van der Waals surface area contributed by atoms with Crippen molar-refractivity contribution in [2.45, 2.75) is 82.3 Å². The Hall–Kier alpha value is -1.96. The first-order valence-electron chi connectivity index (χ1n) is 13.3. The van der Waals surface area contributed by atoms with E-state index in [-0.39, 0.29) is 25.4 Å². The predicted octanol–water partition coefficient (Wildman–Crippen LogP) is 5.04. The van der Waals surface area contributed by atoms with Crippen molar-refractivity contribution in [1.29, 1.82) is 0 Å². The van der Waals surface area contributed by atoms with Gasteiger partial charge in [-0.25, -0.2) is 4.79 Å². The number of benzene rings is 2. The van der Waals surface area contributed by atoms with Crippen LogP contribution in [0.1, 0.15) is 61.8 Å². The van der Waals surface area contributed by atoms with Crippen molar-refractivity contribution in [3.05, 3.63) is 52.6 Å². The van der Waals surface area contributed by atoms with Crippen LogP contribution in [0.15, 0.2) is 35.2 Å². The minimum absolute atomic E-state index is 0.156. The minimum atomic E-state index is -0.316. The van der Waals surface area contributed by atoms with Crippen LogP contribution in [0.5, 0.6) is 0 Å². The monoisotopic (exact) mass is 488 g/mol. The number of carbonyl (C=O) groups excluding carboxylic acids is 1. The topological polar surface area (TPSA) is 59.6 Å². The summed E-state index contributed by atoms with van der Waals surface area (Å²) in [6.07, 6.45) is 9.55. The van der Waals surface area contributed by atoms with Gasteiger partial charge in [0.25, 0.3) is 0 Å². The predicted molar refractivity (Wildman–Crippen MR) is 140 cm³/mol. The molecule has 6 aliphatic rings. The van der Waals surface area contributed by atoms with Gasteiger partial charge >= 0.3 is 13.1 Å². The molecule has 1 saturated heterocycles. The number of anilines is 1. The Morgan fingerprint density at radius 3 is 2.54 bits per heavy atom. The van der Waals surface area contributed by atoms with E-state index in [0.717, 1.165) is 54.1 Å². The highest BCUT2D eigenvalue weighted by molar-refractivity contribution is 7.98. The zero-order valence-electron chi connectivity index (χ0n) is 20.6. The highest BCUT2D eigenvalue weighted by atomic mass is 32.2. The van der Waals surface area contributed by atoms with Crippen LogP contribution in [0.4, 0.5) is 10.5 Å². The second kappa shape index (κ2) is 8.29. The SMILES string of the molecule is CC1(C)C2CC3OB(c4cccc(SNC(=O)Nc5c6c(cc7c5CCC7)CCC6)c4)OC3C1C2. The Bertz CT molecular complexity index is 1170. The number of nitrogens with one attached hydrogen (secondary N) is 2. The number of aryl methyl sites for hydroxylation is 2. The van der Waals surface area contributed by atoms with Crippen LogP contribution in [0.2, 0.25) is 0 Å². The van der Waals surface area contributed by atoms with E-state index in [0.29, 0.717) is 11.3 Å². The van der Waals surface area contributed by atoms with Gasteiger partial charge in [0.2, 0.25) is 0 Å². The van der Waals surface area contributed by atoms with Crippen LogP contribution in [0, 0.1) is 17.3 Å². The van der Waals surface area contributed by atoms with Gasteiger partial charge in [-0.15, -0.1) is 0 Å². The van der Waals surface area contributed by atoms with E-state index in [2.05, 4.69) is 42.1 Å². The summed E-state index contributed by atoms with van der Waals surface area (Å²) < 4.78 is 15.8. The van der Waals surface area contributed by atoms with Crippen molar-refractivity contribution in [1.82, 2.24) is 4.72 Å². The largest absolute Gasteiger partial charge is 0.494 e. The fourth-order valence-electron chi connectivity index (χ4n) is 7.43. The van der Waals surface area contributed by atoms with Crippen molar-refractivity contribution in [3.63, 3.8) is 0 Å². The molecular weight excluding hydrogens is 455 g/mol. The smallest absolute Gasteiger partial charge is 0.402 e. The van der Waals surface area contributed by atoms with E-state index < -0.39 is 0 Å². The second-order valence-corrected chi connectivity index (χ2v) is 12.5. The van der Waals surface area contributed by atoms with Crippen LogP contribution in [-0.2, 0) is 35.0 Å². The zero-order chi connectivity index (χ0) is 23.7. The van der Waals surface area contributed by atoms with Crippen molar-refractivity contribution >= 4 is 36.2 Å². The summed E-state index contributed by atoms with van der Waals surface area (Å²) in [5.74, 6) is 1.35. The molecule has 5 nitrogen and oxygen atoms in total. The molecule has 3 saturated carbocycles. The summed E-state index contributed by atoms with van der Waals surface area (Å²) in [5.41, 5.74) is 8.04. The Labute approximate surface area is 212 Å². The lowest BCUT2D eigenvalue weighted by atomic mass is 9.47. The highest BCUT2D eigenvalue weighted by Crippen LogP contribution is 2.61. The van der Waals surface area contributed by atoms with Crippen LogP contribution in [0.25, 0.3) is 0 Å². The summed E-state index contributed by atoms with van der Waals surface area (Å²) in [5, 5.41) is 3.21. The summed E-state index contributed by atoms with van der Waals surface area (Å²) in [4.78, 5) is 13.9. The number of fused-ring (bicyclic) bond motifs is 2. The lowest BCUT2D eigenvalue weighted by Gasteiger charge is -2.60. The molecule has 2 N–H and O–H groups in total. The summed E-state index contributed by atoms with van der Waals surface area (Å²) in [6, 6.07) is 10.4. The van der Waals surface area contributed by atoms with Crippen LogP contribution < -0.4 is 15.5 Å². The molecule has 2 aromatic rings. The maximum Gasteiger partial charge on any atom is 0.494 e. The molecule has 0 spiro atoms. The van der Waals surface area contributed by atoms with Gasteiger partial charge in [-0.3, -0.25) is 4.72 Å². The first-order valence-corrected chi connectivity index (χ1v) is 14.1. The first-order chi connectivity index (χ1) is 17.0. The molecule has 5 aliphatic carbocycles. The van der Waals surface area contributed by atoms with Crippen LogP contribution in [0.3, 0.4) is 0 Å². The summed E-state index contributed by atoms with van der Waals surface area (Å²) in [7, 11) is -0.316. The average molecular weight is 488 g/mol. The Morgan fingerprint density at radius 2 is 1.80 bits per heavy atom. The molecule has 1 heterocycles. The van der Waals surface area contributed by atoms with Crippen LogP contribution >= 0.6 is 11.9 Å². The lowest BCUT2D eigenvalue weighted by molar-refractivity contribution is -0.150. The number of urea groups is 1. The van der Waals surface area contributed by atoms with Crippen molar-refractivity contribution in [2.24, 2.45) is 17.3 Å². The molecule has 2 aromatic carbocycles. The van der Waals surface area contributed by atoms with Gasteiger partial charge in [-0.2, -0.15) is 0 Å². The van der Waals surface area contributed by atoms with E-state index in [9.17, 15) is 4.79 Å². The molecule has 0 aromatic heterocycles. The third-order valence-electron chi connectivity index (χ3n) is 9.51. The van der Waals surface area contributed by atoms with Gasteiger partial charge in [0, 0.05) is 10.6 Å². The van der Waals surface area contributed by atoms with Gasteiger partial charge in [0.1, 0.15) is 0 Å². The van der Waals surface area contributed by atoms with Gasteiger partial charge in [0.05, 0.1) is 12.2 Å². The molecule has 7 heteroatoms. The number of hydrogen-bond donors (Lipinski definition) is 2. The fraction of sp³-hybridized carbons (Fsp3) is 0.536. The third kappa shape index (κ3) is 3.65. The number of carbonyl (C=O) groups is 1. The lowest BCUT2D eigenvalue weighted by Crippen LogP contribution is -2.59. The number of hydrogen-bond acceptors (Lipinski definition) is 4. The minimum Gasteiger partial charge on any atom is -0.402 e.